The zero-order valence-corrected chi connectivity index (χ0v) is 12.1. The normalized spacial score (nSPS) is 17.5. The van der Waals surface area contributed by atoms with E-state index < -0.39 is 11.9 Å². The maximum absolute atomic E-state index is 13.9. The van der Waals surface area contributed by atoms with Gasteiger partial charge in [-0.25, -0.2) is 9.37 Å². The number of carboxylic acids is 1. The van der Waals surface area contributed by atoms with Gasteiger partial charge in [-0.3, -0.25) is 4.79 Å². The summed E-state index contributed by atoms with van der Waals surface area (Å²) in [6, 6.07) is 4.79. The van der Waals surface area contributed by atoms with E-state index in [4.69, 9.17) is 5.11 Å². The fourth-order valence-corrected chi connectivity index (χ4v) is 3.74. The molecule has 0 aliphatic heterocycles. The summed E-state index contributed by atoms with van der Waals surface area (Å²) in [4.78, 5) is 16.4. The van der Waals surface area contributed by atoms with E-state index in [-0.39, 0.29) is 5.82 Å². The Hall–Kier alpha value is -1.27. The molecule has 0 radical (unpaired) electrons. The van der Waals surface area contributed by atoms with Crippen LogP contribution in [0.3, 0.4) is 0 Å². The van der Waals surface area contributed by atoms with Gasteiger partial charge in [0.15, 0.2) is 0 Å². The molecular formula is C13H9BrFNO2S. The molecule has 1 unspecified atom stereocenters. The molecule has 3 rings (SSSR count). The molecule has 1 aromatic carbocycles. The summed E-state index contributed by atoms with van der Waals surface area (Å²) in [6.07, 6.45) is 1.30. The fourth-order valence-electron chi connectivity index (χ4n) is 2.25. The highest BCUT2D eigenvalue weighted by Gasteiger charge is 2.32. The molecule has 0 spiro atoms. The molecule has 1 N–H and O–H groups in total. The Bertz CT molecular complexity index is 671. The lowest BCUT2D eigenvalue weighted by Gasteiger charge is -2.02. The van der Waals surface area contributed by atoms with Gasteiger partial charge in [0.1, 0.15) is 16.7 Å². The highest BCUT2D eigenvalue weighted by molar-refractivity contribution is 9.10. The standard InChI is InChI=1S/C13H9BrFNO2S/c14-6-1-2-7(9(15)5-6)12-16-11-8(13(17)18)3-4-10(11)19-12/h1-2,5,8H,3-4H2,(H,17,18). The third kappa shape index (κ3) is 2.19. The molecule has 1 aliphatic rings. The molecule has 1 aromatic heterocycles. The van der Waals surface area contributed by atoms with Crippen LogP contribution in [-0.4, -0.2) is 16.1 Å². The summed E-state index contributed by atoms with van der Waals surface area (Å²) < 4.78 is 14.5. The van der Waals surface area contributed by atoms with Crippen LogP contribution in [0, 0.1) is 5.82 Å². The predicted molar refractivity (Wildman–Crippen MR) is 73.9 cm³/mol. The van der Waals surface area contributed by atoms with Crippen LogP contribution in [-0.2, 0) is 11.2 Å². The smallest absolute Gasteiger partial charge is 0.312 e. The molecule has 0 fully saturated rings. The molecule has 1 heterocycles. The van der Waals surface area contributed by atoms with Gasteiger partial charge in [-0.05, 0) is 31.0 Å². The van der Waals surface area contributed by atoms with Crippen LogP contribution >= 0.6 is 27.3 Å². The summed E-state index contributed by atoms with van der Waals surface area (Å²) in [6.45, 7) is 0. The quantitative estimate of drug-likeness (QED) is 0.903. The van der Waals surface area contributed by atoms with Gasteiger partial charge >= 0.3 is 5.97 Å². The van der Waals surface area contributed by atoms with E-state index >= 15 is 0 Å². The van der Waals surface area contributed by atoms with E-state index in [9.17, 15) is 9.18 Å². The average molecular weight is 342 g/mol. The summed E-state index contributed by atoms with van der Waals surface area (Å²) >= 11 is 4.59. The Morgan fingerprint density at radius 3 is 3.00 bits per heavy atom. The third-order valence-electron chi connectivity index (χ3n) is 3.18. The highest BCUT2D eigenvalue weighted by Crippen LogP contribution is 2.40. The van der Waals surface area contributed by atoms with E-state index in [0.717, 1.165) is 4.88 Å². The highest BCUT2D eigenvalue weighted by atomic mass is 79.9. The minimum Gasteiger partial charge on any atom is -0.481 e. The lowest BCUT2D eigenvalue weighted by Crippen LogP contribution is -2.08. The Balaban J connectivity index is 2.04. The molecular weight excluding hydrogens is 333 g/mol. The van der Waals surface area contributed by atoms with Crippen molar-refractivity contribution in [1.82, 2.24) is 4.98 Å². The van der Waals surface area contributed by atoms with Gasteiger partial charge in [0, 0.05) is 14.9 Å². The van der Waals surface area contributed by atoms with Crippen molar-refractivity contribution >= 4 is 33.2 Å². The van der Waals surface area contributed by atoms with Crippen LogP contribution in [0.2, 0.25) is 0 Å². The number of aromatic nitrogens is 1. The van der Waals surface area contributed by atoms with Crippen molar-refractivity contribution < 1.29 is 14.3 Å². The SMILES string of the molecule is O=C(O)C1CCc2sc(-c3ccc(Br)cc3F)nc21. The largest absolute Gasteiger partial charge is 0.481 e. The molecule has 0 amide bonds. The number of aliphatic carboxylic acids is 1. The van der Waals surface area contributed by atoms with Crippen molar-refractivity contribution in [3.05, 3.63) is 39.1 Å². The Labute approximate surface area is 121 Å². The summed E-state index contributed by atoms with van der Waals surface area (Å²) in [5.41, 5.74) is 1.03. The first kappa shape index (κ1) is 12.7. The predicted octanol–water partition coefficient (Wildman–Crippen LogP) is 3.83. The molecule has 19 heavy (non-hydrogen) atoms. The van der Waals surface area contributed by atoms with Crippen LogP contribution < -0.4 is 0 Å². The maximum Gasteiger partial charge on any atom is 0.312 e. The van der Waals surface area contributed by atoms with Crippen LogP contribution in [0.25, 0.3) is 10.6 Å². The number of fused-ring (bicyclic) bond motifs is 1. The molecule has 0 saturated carbocycles. The number of benzene rings is 1. The van der Waals surface area contributed by atoms with Crippen LogP contribution in [0.5, 0.6) is 0 Å². The number of carboxylic acid groups (broad SMARTS) is 1. The summed E-state index contributed by atoms with van der Waals surface area (Å²) in [7, 11) is 0. The zero-order chi connectivity index (χ0) is 13.6. The zero-order valence-electron chi connectivity index (χ0n) is 9.69. The summed E-state index contributed by atoms with van der Waals surface area (Å²) in [5, 5.41) is 9.67. The van der Waals surface area contributed by atoms with Crippen molar-refractivity contribution in [2.24, 2.45) is 0 Å². The van der Waals surface area contributed by atoms with Gasteiger partial charge in [0.2, 0.25) is 0 Å². The Morgan fingerprint density at radius 1 is 1.53 bits per heavy atom. The van der Waals surface area contributed by atoms with Gasteiger partial charge in [0.05, 0.1) is 5.69 Å². The van der Waals surface area contributed by atoms with E-state index in [2.05, 4.69) is 20.9 Å². The second kappa shape index (κ2) is 4.68. The molecule has 98 valence electrons. The second-order valence-corrected chi connectivity index (χ2v) is 6.38. The minimum absolute atomic E-state index is 0.353. The van der Waals surface area contributed by atoms with Gasteiger partial charge in [0.25, 0.3) is 0 Å². The third-order valence-corrected chi connectivity index (χ3v) is 4.83. The van der Waals surface area contributed by atoms with Crippen molar-refractivity contribution in [3.63, 3.8) is 0 Å². The topological polar surface area (TPSA) is 50.2 Å². The summed E-state index contributed by atoms with van der Waals surface area (Å²) in [5.74, 6) is -1.75. The monoisotopic (exact) mass is 341 g/mol. The number of aryl methyl sites for hydroxylation is 1. The van der Waals surface area contributed by atoms with Crippen molar-refractivity contribution in [3.8, 4) is 10.6 Å². The Kier molecular flexibility index (Phi) is 3.14. The molecule has 1 atom stereocenters. The minimum atomic E-state index is -0.855. The van der Waals surface area contributed by atoms with Crippen LogP contribution in [0.4, 0.5) is 4.39 Å². The number of nitrogens with zero attached hydrogens (tertiary/aromatic N) is 1. The van der Waals surface area contributed by atoms with Gasteiger partial charge in [-0.2, -0.15) is 0 Å². The number of thiazole rings is 1. The molecule has 2 aromatic rings. The first-order chi connectivity index (χ1) is 9.06. The number of hydrogen-bond acceptors (Lipinski definition) is 3. The lowest BCUT2D eigenvalue weighted by molar-refractivity contribution is -0.138. The maximum atomic E-state index is 13.9. The second-order valence-electron chi connectivity index (χ2n) is 4.38. The first-order valence-corrected chi connectivity index (χ1v) is 7.35. The first-order valence-electron chi connectivity index (χ1n) is 5.74. The van der Waals surface area contributed by atoms with Crippen molar-refractivity contribution in [2.75, 3.05) is 0 Å². The van der Waals surface area contributed by atoms with Gasteiger partial charge in [-0.15, -0.1) is 11.3 Å². The van der Waals surface area contributed by atoms with E-state index in [1.54, 1.807) is 12.1 Å². The molecule has 0 bridgehead atoms. The van der Waals surface area contributed by atoms with E-state index in [1.165, 1.54) is 17.4 Å². The number of rotatable bonds is 2. The number of halogens is 2. The number of carbonyl (C=O) groups is 1. The fraction of sp³-hybridized carbons (Fsp3) is 0.231. The molecule has 0 saturated heterocycles. The van der Waals surface area contributed by atoms with Gasteiger partial charge in [-0.1, -0.05) is 15.9 Å². The van der Waals surface area contributed by atoms with Crippen molar-refractivity contribution in [2.45, 2.75) is 18.8 Å². The van der Waals surface area contributed by atoms with Gasteiger partial charge < -0.3 is 5.11 Å². The van der Waals surface area contributed by atoms with Crippen LogP contribution in [0.15, 0.2) is 22.7 Å². The Morgan fingerprint density at radius 2 is 2.32 bits per heavy atom. The van der Waals surface area contributed by atoms with Crippen LogP contribution in [0.1, 0.15) is 22.9 Å². The van der Waals surface area contributed by atoms with Crippen molar-refractivity contribution in [1.29, 1.82) is 0 Å². The average Bonchev–Trinajstić information content (AvgIpc) is 2.87. The van der Waals surface area contributed by atoms with E-state index in [1.807, 2.05) is 0 Å². The number of hydrogen-bond donors (Lipinski definition) is 1. The molecule has 1 aliphatic carbocycles. The lowest BCUT2D eigenvalue weighted by atomic mass is 10.1. The van der Waals surface area contributed by atoms with E-state index in [0.29, 0.717) is 33.6 Å². The molecule has 3 nitrogen and oxygen atoms in total. The molecule has 6 heteroatoms.